The van der Waals surface area contributed by atoms with Gasteiger partial charge in [-0.3, -0.25) is 24.5 Å². The molecule has 0 spiro atoms. The van der Waals surface area contributed by atoms with E-state index < -0.39 is 35.3 Å². The molecule has 2 aromatic rings. The summed E-state index contributed by atoms with van der Waals surface area (Å²) in [6, 6.07) is 7.33. The van der Waals surface area contributed by atoms with Crippen LogP contribution in [0.25, 0.3) is 0 Å². The highest BCUT2D eigenvalue weighted by Crippen LogP contribution is 2.33. The summed E-state index contributed by atoms with van der Waals surface area (Å²) < 4.78 is 29.9. The molecule has 4 rings (SSSR count). The number of carbonyl (C=O) groups excluding carboxylic acids is 4. The highest BCUT2D eigenvalue weighted by Gasteiger charge is 2.44. The zero-order valence-electron chi connectivity index (χ0n) is 19.4. The number of rotatable bonds is 5. The maximum atomic E-state index is 15.0. The van der Waals surface area contributed by atoms with Gasteiger partial charge in [0.1, 0.15) is 21.7 Å². The molecule has 0 aliphatic carbocycles. The fourth-order valence-electron chi connectivity index (χ4n) is 4.65. The van der Waals surface area contributed by atoms with Crippen LogP contribution in [0.15, 0.2) is 36.4 Å². The minimum absolute atomic E-state index is 0.145. The molecule has 0 aromatic heterocycles. The molecule has 0 bridgehead atoms. The molecule has 2 aliphatic rings. The van der Waals surface area contributed by atoms with Crippen LogP contribution in [0.5, 0.6) is 0 Å². The number of halogens is 3. The van der Waals surface area contributed by atoms with Gasteiger partial charge in [-0.1, -0.05) is 35.3 Å². The Labute approximate surface area is 208 Å². The van der Waals surface area contributed by atoms with E-state index in [2.05, 4.69) is 5.32 Å². The number of hydrogen-bond donors (Lipinski definition) is 1. The van der Waals surface area contributed by atoms with Crippen molar-refractivity contribution in [2.24, 2.45) is 0 Å². The van der Waals surface area contributed by atoms with E-state index in [9.17, 15) is 28.0 Å². The molecule has 2 unspecified atom stereocenters. The number of benzene rings is 2. The molecule has 178 valence electrons. The van der Waals surface area contributed by atoms with E-state index in [-0.39, 0.29) is 36.2 Å². The first-order chi connectivity index (χ1) is 16.4. The average molecular weight is 497 g/mol. The topological polar surface area (TPSA) is 86.8 Å². The Morgan fingerprint density at radius 3 is 2.46 bits per heavy atom. The van der Waals surface area contributed by atoms with Crippen LogP contribution >= 0.6 is 11.6 Å². The summed E-state index contributed by atoms with van der Waals surface area (Å²) in [6.07, 6.45) is 0.385. The van der Waals surface area contributed by atoms with Gasteiger partial charge >= 0.3 is 5.92 Å². The van der Waals surface area contributed by atoms with Crippen molar-refractivity contribution in [3.05, 3.63) is 63.7 Å². The Morgan fingerprint density at radius 2 is 1.83 bits per heavy atom. The van der Waals surface area contributed by atoms with Gasteiger partial charge < -0.3 is 9.71 Å². The van der Waals surface area contributed by atoms with Crippen LogP contribution < -0.4 is 10.8 Å². The number of piperidine rings is 1. The number of imide groups is 1. The molecule has 1 saturated heterocycles. The Kier molecular flexibility index (Phi) is 6.53. The molecule has 7 nitrogen and oxygen atoms in total. The molecular formula is C22H21B3ClF2N3O4. The quantitative estimate of drug-likeness (QED) is 0.432. The molecule has 35 heavy (non-hydrogen) atoms. The first-order valence-corrected chi connectivity index (χ1v) is 11.5. The summed E-state index contributed by atoms with van der Waals surface area (Å²) in [7, 11) is 4.71. The van der Waals surface area contributed by atoms with E-state index in [4.69, 9.17) is 11.6 Å². The number of nitrogens with zero attached hydrogens (tertiary/aromatic N) is 2. The summed E-state index contributed by atoms with van der Waals surface area (Å²) in [5, 5.41) is 2.55. The number of amides is 4. The van der Waals surface area contributed by atoms with E-state index in [1.165, 1.54) is 25.0 Å². The zero-order valence-corrected chi connectivity index (χ0v) is 20.2. The van der Waals surface area contributed by atoms with Gasteiger partial charge in [-0.2, -0.15) is 8.78 Å². The smallest absolute Gasteiger partial charge is 0.348 e. The lowest BCUT2D eigenvalue weighted by atomic mass is 9.74. The van der Waals surface area contributed by atoms with Crippen molar-refractivity contribution in [1.29, 1.82) is 0 Å². The van der Waals surface area contributed by atoms with Crippen molar-refractivity contribution in [1.82, 2.24) is 15.0 Å². The van der Waals surface area contributed by atoms with Gasteiger partial charge in [0.25, 0.3) is 11.8 Å². The molecule has 2 aromatic carbocycles. The van der Waals surface area contributed by atoms with Gasteiger partial charge in [0.15, 0.2) is 0 Å². The molecule has 13 heteroatoms. The van der Waals surface area contributed by atoms with Crippen LogP contribution in [0.4, 0.5) is 8.78 Å². The predicted octanol–water partition coefficient (Wildman–Crippen LogP) is -0.840. The van der Waals surface area contributed by atoms with Crippen molar-refractivity contribution in [3.8, 4) is 0 Å². The molecular weight excluding hydrogens is 476 g/mol. The summed E-state index contributed by atoms with van der Waals surface area (Å²) in [4.78, 5) is 52.0. The molecule has 4 amide bonds. The molecule has 0 saturated carbocycles. The van der Waals surface area contributed by atoms with Gasteiger partial charge in [0, 0.05) is 35.1 Å². The number of hydrogen-bond acceptors (Lipinski definition) is 4. The lowest BCUT2D eigenvalue weighted by molar-refractivity contribution is -0.154. The minimum atomic E-state index is -3.75. The van der Waals surface area contributed by atoms with Crippen LogP contribution in [0, 0.1) is 0 Å². The normalized spacial score (nSPS) is 18.8. The first-order valence-electron chi connectivity index (χ1n) is 11.1. The SMILES string of the molecule is Bc1c(C(B)N(B)C(=O)C(F)(F)c2ccc(Cl)cc2)ccc2c1CN(C1CCC(=O)NC1=O)C2=O. The number of alkyl halides is 2. The lowest BCUT2D eigenvalue weighted by Gasteiger charge is -2.31. The van der Waals surface area contributed by atoms with Crippen LogP contribution in [-0.2, 0) is 26.9 Å². The number of carbonyl (C=O) groups is 4. The number of nitrogens with one attached hydrogen (secondary N) is 1. The molecule has 0 radical (unpaired) electrons. The Balaban J connectivity index is 1.58. The second-order valence-corrected chi connectivity index (χ2v) is 9.32. The average Bonchev–Trinajstić information content (AvgIpc) is 3.15. The Morgan fingerprint density at radius 1 is 1.17 bits per heavy atom. The largest absolute Gasteiger partial charge is 0.389 e. The summed E-state index contributed by atoms with van der Waals surface area (Å²) in [6.45, 7) is 0.158. The van der Waals surface area contributed by atoms with E-state index in [1.807, 2.05) is 0 Å². The van der Waals surface area contributed by atoms with Crippen LogP contribution in [0.1, 0.15) is 45.8 Å². The third kappa shape index (κ3) is 4.35. The van der Waals surface area contributed by atoms with Gasteiger partial charge in [-0.05, 0) is 35.7 Å². The van der Waals surface area contributed by atoms with Crippen molar-refractivity contribution in [2.45, 2.75) is 37.3 Å². The molecule has 1 N–H and O–H groups in total. The van der Waals surface area contributed by atoms with E-state index >= 15 is 0 Å². The maximum Gasteiger partial charge on any atom is 0.348 e. The fraction of sp³-hybridized carbons (Fsp3) is 0.273. The monoisotopic (exact) mass is 497 g/mol. The van der Waals surface area contributed by atoms with Gasteiger partial charge in [0.2, 0.25) is 19.8 Å². The molecule has 1 fully saturated rings. The second kappa shape index (κ2) is 9.15. The first kappa shape index (κ1) is 25.0. The summed E-state index contributed by atoms with van der Waals surface area (Å²) >= 11 is 5.78. The van der Waals surface area contributed by atoms with E-state index in [0.29, 0.717) is 22.2 Å². The van der Waals surface area contributed by atoms with Gasteiger partial charge in [-0.15, -0.1) is 0 Å². The van der Waals surface area contributed by atoms with Crippen molar-refractivity contribution >= 4 is 64.4 Å². The number of fused-ring (bicyclic) bond motifs is 1. The highest BCUT2D eigenvalue weighted by atomic mass is 35.5. The van der Waals surface area contributed by atoms with Crippen molar-refractivity contribution in [3.63, 3.8) is 0 Å². The van der Waals surface area contributed by atoms with Crippen LogP contribution in [0.3, 0.4) is 0 Å². The third-order valence-electron chi connectivity index (χ3n) is 6.87. The third-order valence-corrected chi connectivity index (χ3v) is 7.13. The molecule has 2 heterocycles. The lowest BCUT2D eigenvalue weighted by Crippen LogP contribution is -2.52. The Hall–Kier alpha value is -3.14. The fourth-order valence-corrected chi connectivity index (χ4v) is 4.77. The maximum absolute atomic E-state index is 15.0. The minimum Gasteiger partial charge on any atom is -0.389 e. The van der Waals surface area contributed by atoms with E-state index in [1.54, 1.807) is 27.8 Å². The van der Waals surface area contributed by atoms with Gasteiger partial charge in [0.05, 0.1) is 0 Å². The van der Waals surface area contributed by atoms with Gasteiger partial charge in [-0.25, -0.2) is 0 Å². The second-order valence-electron chi connectivity index (χ2n) is 8.88. The van der Waals surface area contributed by atoms with E-state index in [0.717, 1.165) is 16.9 Å². The highest BCUT2D eigenvalue weighted by molar-refractivity contribution is 6.37. The molecule has 2 aliphatic heterocycles. The molecule has 2 atom stereocenters. The standard InChI is InChI=1S/C22H21B3ClF2N3O4/c23-17-13(18(24)31(25)21(35)22(27,28)10-1-3-11(26)4-2-10)6-5-12-14(17)9-30(20(12)34)15-7-8-16(32)29-19(15)33/h1-6,15,18H,7-9,23-25H2,(H,29,32,33). The summed E-state index contributed by atoms with van der Waals surface area (Å²) in [5.74, 6) is -7.04. The summed E-state index contributed by atoms with van der Waals surface area (Å²) in [5.41, 5.74) is 1.94. The van der Waals surface area contributed by atoms with Crippen molar-refractivity contribution in [2.75, 3.05) is 0 Å². The van der Waals surface area contributed by atoms with Crippen LogP contribution in [0.2, 0.25) is 5.02 Å². The Bertz CT molecular complexity index is 1250. The predicted molar refractivity (Wildman–Crippen MR) is 133 cm³/mol. The van der Waals surface area contributed by atoms with Crippen molar-refractivity contribution < 1.29 is 28.0 Å². The zero-order chi connectivity index (χ0) is 25.7. The van der Waals surface area contributed by atoms with Crippen LogP contribution in [-0.4, -0.2) is 63.1 Å².